The van der Waals surface area contributed by atoms with E-state index >= 15 is 0 Å². The van der Waals surface area contributed by atoms with Crippen molar-refractivity contribution in [1.29, 1.82) is 0 Å². The van der Waals surface area contributed by atoms with Gasteiger partial charge in [0.25, 0.3) is 0 Å². The maximum absolute atomic E-state index is 6.02. The summed E-state index contributed by atoms with van der Waals surface area (Å²) in [5.74, 6) is 0.844. The third kappa shape index (κ3) is 4.09. The molecule has 2 atom stereocenters. The van der Waals surface area contributed by atoms with Gasteiger partial charge in [0.1, 0.15) is 0 Å². The van der Waals surface area contributed by atoms with Crippen molar-refractivity contribution in [3.63, 3.8) is 0 Å². The minimum Gasteiger partial charge on any atom is -0.373 e. The number of nitrogens with one attached hydrogen (secondary N) is 1. The molecule has 1 heterocycles. The molecule has 1 fully saturated rings. The zero-order valence-electron chi connectivity index (χ0n) is 10.9. The first-order chi connectivity index (χ1) is 8.28. The number of hydrogen-bond acceptors (Lipinski definition) is 3. The molecule has 0 radical (unpaired) electrons. The molecule has 96 valence electrons. The normalized spacial score (nSPS) is 25.1. The molecule has 0 spiro atoms. The number of ether oxygens (including phenoxy) is 1. The molecule has 1 aromatic heterocycles. The topological polar surface area (TPSA) is 21.3 Å². The van der Waals surface area contributed by atoms with Crippen LogP contribution in [0.2, 0.25) is 0 Å². The summed E-state index contributed by atoms with van der Waals surface area (Å²) in [5.41, 5.74) is 0. The van der Waals surface area contributed by atoms with Crippen LogP contribution in [0.3, 0.4) is 0 Å². The molecular formula is C14H23NOS. The molecule has 2 nitrogen and oxygen atoms in total. The highest BCUT2D eigenvalue weighted by atomic mass is 32.1. The Hall–Kier alpha value is -0.380. The standard InChI is InChI=1S/C14H23NOS/c1-11-4-3-5-12(8-11)16-10-14-7-6-13(17-14)9-15-2/h6-7,11-12,15H,3-5,8-10H2,1-2H3. The van der Waals surface area contributed by atoms with Crippen molar-refractivity contribution in [3.05, 3.63) is 21.9 Å². The second-order valence-electron chi connectivity index (χ2n) is 5.10. The molecule has 0 aliphatic heterocycles. The minimum atomic E-state index is 0.494. The summed E-state index contributed by atoms with van der Waals surface area (Å²) < 4.78 is 6.02. The van der Waals surface area contributed by atoms with E-state index in [9.17, 15) is 0 Å². The molecule has 2 rings (SSSR count). The van der Waals surface area contributed by atoms with Gasteiger partial charge in [-0.2, -0.15) is 0 Å². The van der Waals surface area contributed by atoms with E-state index in [0.29, 0.717) is 6.10 Å². The highest BCUT2D eigenvalue weighted by Gasteiger charge is 2.19. The van der Waals surface area contributed by atoms with Crippen molar-refractivity contribution in [2.24, 2.45) is 5.92 Å². The third-order valence-electron chi connectivity index (χ3n) is 3.42. The molecule has 0 amide bonds. The lowest BCUT2D eigenvalue weighted by molar-refractivity contribution is 0.00591. The number of hydrogen-bond donors (Lipinski definition) is 1. The molecule has 17 heavy (non-hydrogen) atoms. The average molecular weight is 253 g/mol. The van der Waals surface area contributed by atoms with Gasteiger partial charge in [-0.25, -0.2) is 0 Å². The summed E-state index contributed by atoms with van der Waals surface area (Å²) in [4.78, 5) is 2.75. The fourth-order valence-electron chi connectivity index (χ4n) is 2.50. The summed E-state index contributed by atoms with van der Waals surface area (Å²) in [5, 5.41) is 3.18. The Morgan fingerprint density at radius 3 is 2.94 bits per heavy atom. The fourth-order valence-corrected chi connectivity index (χ4v) is 3.45. The van der Waals surface area contributed by atoms with E-state index in [1.54, 1.807) is 0 Å². The molecule has 0 saturated heterocycles. The molecule has 0 bridgehead atoms. The number of rotatable bonds is 5. The first kappa shape index (κ1) is 13.1. The van der Waals surface area contributed by atoms with Crippen LogP contribution in [0.15, 0.2) is 12.1 Å². The van der Waals surface area contributed by atoms with Crippen LogP contribution < -0.4 is 5.32 Å². The van der Waals surface area contributed by atoms with Gasteiger partial charge in [-0.3, -0.25) is 0 Å². The lowest BCUT2D eigenvalue weighted by atomic mass is 9.89. The molecule has 0 aromatic carbocycles. The maximum Gasteiger partial charge on any atom is 0.0813 e. The predicted molar refractivity (Wildman–Crippen MR) is 73.3 cm³/mol. The van der Waals surface area contributed by atoms with Gasteiger partial charge in [0.05, 0.1) is 12.7 Å². The number of thiophene rings is 1. The van der Waals surface area contributed by atoms with Crippen LogP contribution in [0.1, 0.15) is 42.4 Å². The summed E-state index contributed by atoms with van der Waals surface area (Å²) >= 11 is 1.86. The second kappa shape index (κ2) is 6.53. The zero-order valence-corrected chi connectivity index (χ0v) is 11.7. The SMILES string of the molecule is CNCc1ccc(COC2CCCC(C)C2)s1. The Balaban J connectivity index is 1.76. The van der Waals surface area contributed by atoms with E-state index in [4.69, 9.17) is 4.74 Å². The van der Waals surface area contributed by atoms with Gasteiger partial charge in [0.15, 0.2) is 0 Å². The Morgan fingerprint density at radius 2 is 2.18 bits per heavy atom. The Labute approximate surface area is 108 Å². The van der Waals surface area contributed by atoms with Crippen LogP contribution in [0, 0.1) is 5.92 Å². The van der Waals surface area contributed by atoms with Gasteiger partial charge in [-0.05, 0) is 37.9 Å². The van der Waals surface area contributed by atoms with Crippen LogP contribution >= 0.6 is 11.3 Å². The van der Waals surface area contributed by atoms with Gasteiger partial charge in [-0.15, -0.1) is 11.3 Å². The molecule has 2 unspecified atom stereocenters. The van der Waals surface area contributed by atoms with Gasteiger partial charge in [0.2, 0.25) is 0 Å². The zero-order chi connectivity index (χ0) is 12.1. The van der Waals surface area contributed by atoms with Crippen molar-refractivity contribution in [2.75, 3.05) is 7.05 Å². The van der Waals surface area contributed by atoms with E-state index in [1.165, 1.54) is 35.4 Å². The highest BCUT2D eigenvalue weighted by Crippen LogP contribution is 2.27. The predicted octanol–water partition coefficient (Wildman–Crippen LogP) is 3.56. The van der Waals surface area contributed by atoms with E-state index in [0.717, 1.165) is 19.1 Å². The maximum atomic E-state index is 6.02. The Kier molecular flexibility index (Phi) is 5.01. The molecule has 1 aliphatic carbocycles. The van der Waals surface area contributed by atoms with Crippen LogP contribution in [-0.4, -0.2) is 13.2 Å². The van der Waals surface area contributed by atoms with E-state index in [1.807, 2.05) is 18.4 Å². The van der Waals surface area contributed by atoms with Crippen LogP contribution in [0.4, 0.5) is 0 Å². The smallest absolute Gasteiger partial charge is 0.0813 e. The van der Waals surface area contributed by atoms with Crippen molar-refractivity contribution < 1.29 is 4.74 Å². The van der Waals surface area contributed by atoms with Crippen LogP contribution in [0.5, 0.6) is 0 Å². The van der Waals surface area contributed by atoms with Gasteiger partial charge in [0, 0.05) is 16.3 Å². The Bertz CT molecular complexity index is 337. The van der Waals surface area contributed by atoms with Crippen LogP contribution in [0.25, 0.3) is 0 Å². The fraction of sp³-hybridized carbons (Fsp3) is 0.714. The van der Waals surface area contributed by atoms with Crippen molar-refractivity contribution in [1.82, 2.24) is 5.32 Å². The first-order valence-corrected chi connectivity index (χ1v) is 7.43. The van der Waals surface area contributed by atoms with E-state index < -0.39 is 0 Å². The van der Waals surface area contributed by atoms with E-state index in [-0.39, 0.29) is 0 Å². The Morgan fingerprint density at radius 1 is 1.35 bits per heavy atom. The average Bonchev–Trinajstić information content (AvgIpc) is 2.75. The summed E-state index contributed by atoms with van der Waals surface area (Å²) in [6.45, 7) is 4.10. The molecule has 1 saturated carbocycles. The van der Waals surface area contributed by atoms with Crippen molar-refractivity contribution >= 4 is 11.3 Å². The highest BCUT2D eigenvalue weighted by molar-refractivity contribution is 7.11. The van der Waals surface area contributed by atoms with Gasteiger partial charge in [-0.1, -0.05) is 19.8 Å². The largest absolute Gasteiger partial charge is 0.373 e. The molecule has 3 heteroatoms. The van der Waals surface area contributed by atoms with Crippen LogP contribution in [-0.2, 0) is 17.9 Å². The minimum absolute atomic E-state index is 0.494. The van der Waals surface area contributed by atoms with Gasteiger partial charge >= 0.3 is 0 Å². The first-order valence-electron chi connectivity index (χ1n) is 6.61. The monoisotopic (exact) mass is 253 g/mol. The quantitative estimate of drug-likeness (QED) is 0.866. The van der Waals surface area contributed by atoms with Crippen molar-refractivity contribution in [3.8, 4) is 0 Å². The molecule has 1 aromatic rings. The second-order valence-corrected chi connectivity index (χ2v) is 6.36. The summed E-state index contributed by atoms with van der Waals surface area (Å²) in [7, 11) is 1.99. The van der Waals surface area contributed by atoms with Gasteiger partial charge < -0.3 is 10.1 Å². The lowest BCUT2D eigenvalue weighted by Crippen LogP contribution is -2.21. The van der Waals surface area contributed by atoms with E-state index in [2.05, 4.69) is 24.4 Å². The molecule has 1 N–H and O–H groups in total. The van der Waals surface area contributed by atoms with Crippen molar-refractivity contribution in [2.45, 2.75) is 51.9 Å². The molecule has 1 aliphatic rings. The summed E-state index contributed by atoms with van der Waals surface area (Å²) in [6.07, 6.45) is 5.70. The summed E-state index contributed by atoms with van der Waals surface area (Å²) in [6, 6.07) is 4.40. The lowest BCUT2D eigenvalue weighted by Gasteiger charge is -2.26. The third-order valence-corrected chi connectivity index (χ3v) is 4.48. The molecular weight excluding hydrogens is 230 g/mol.